The Balaban J connectivity index is 1.97. The molecule has 2 N–H and O–H groups in total. The fourth-order valence-electron chi connectivity index (χ4n) is 2.29. The van der Waals surface area contributed by atoms with Gasteiger partial charge in [-0.15, -0.1) is 0 Å². The van der Waals surface area contributed by atoms with Gasteiger partial charge in [0.1, 0.15) is 6.07 Å². The number of hydrogen-bond donors (Lipinski definition) is 2. The third kappa shape index (κ3) is 6.05. The molecule has 2 aromatic rings. The number of sulfonamides is 1. The molecule has 0 saturated carbocycles. The molecule has 0 aromatic heterocycles. The Morgan fingerprint density at radius 2 is 1.76 bits per heavy atom. The highest BCUT2D eigenvalue weighted by Crippen LogP contribution is 2.20. The molecule has 0 atom stereocenters. The van der Waals surface area contributed by atoms with E-state index in [-0.39, 0.29) is 11.8 Å². The van der Waals surface area contributed by atoms with Gasteiger partial charge in [0, 0.05) is 18.3 Å². The topological polar surface area (TPSA) is 82.0 Å². The maximum Gasteiger partial charge on any atom is 0.216 e. The van der Waals surface area contributed by atoms with E-state index in [1.54, 1.807) is 32.0 Å². The summed E-state index contributed by atoms with van der Waals surface area (Å²) >= 11 is 6.00. The molecule has 5 nitrogen and oxygen atoms in total. The van der Waals surface area contributed by atoms with E-state index < -0.39 is 10.0 Å². The molecule has 0 radical (unpaired) electrons. The van der Waals surface area contributed by atoms with Crippen LogP contribution in [0.2, 0.25) is 5.02 Å². The fourth-order valence-corrected chi connectivity index (χ4v) is 3.95. The van der Waals surface area contributed by atoms with Crippen molar-refractivity contribution in [2.24, 2.45) is 0 Å². The second-order valence-corrected chi connectivity index (χ2v) is 8.17. The van der Waals surface area contributed by atoms with Gasteiger partial charge in [0.15, 0.2) is 0 Å². The molecular formula is C18H20ClN3O2S. The van der Waals surface area contributed by atoms with Gasteiger partial charge in [-0.1, -0.05) is 35.9 Å². The maximum absolute atomic E-state index is 11.9. The van der Waals surface area contributed by atoms with Crippen LogP contribution < -0.4 is 10.0 Å². The molecule has 2 aromatic carbocycles. The summed E-state index contributed by atoms with van der Waals surface area (Å²) in [5.74, 6) is -0.0376. The van der Waals surface area contributed by atoms with Gasteiger partial charge in [0.2, 0.25) is 10.0 Å². The largest absolute Gasteiger partial charge is 0.381 e. The van der Waals surface area contributed by atoms with Crippen LogP contribution in [-0.4, -0.2) is 14.5 Å². The lowest BCUT2D eigenvalue weighted by molar-refractivity contribution is 0.569. The minimum absolute atomic E-state index is 0.0376. The molecule has 0 spiro atoms. The lowest BCUT2D eigenvalue weighted by Gasteiger charge is -2.11. The molecule has 0 bridgehead atoms. The van der Waals surface area contributed by atoms with Crippen LogP contribution in [0.25, 0.3) is 0 Å². The predicted molar refractivity (Wildman–Crippen MR) is 101 cm³/mol. The lowest BCUT2D eigenvalue weighted by atomic mass is 10.1. The number of halogens is 1. The average molecular weight is 378 g/mol. The number of nitrogens with zero attached hydrogens (tertiary/aromatic N) is 1. The van der Waals surface area contributed by atoms with Crippen LogP contribution in [-0.2, 0) is 22.3 Å². The van der Waals surface area contributed by atoms with Crippen molar-refractivity contribution in [1.29, 1.82) is 5.26 Å². The van der Waals surface area contributed by atoms with E-state index in [4.69, 9.17) is 16.9 Å². The fraction of sp³-hybridized carbons (Fsp3) is 0.278. The van der Waals surface area contributed by atoms with Crippen molar-refractivity contribution in [2.75, 3.05) is 5.32 Å². The van der Waals surface area contributed by atoms with Crippen molar-refractivity contribution in [3.63, 3.8) is 0 Å². The summed E-state index contributed by atoms with van der Waals surface area (Å²) in [5.41, 5.74) is 3.00. The van der Waals surface area contributed by atoms with Gasteiger partial charge >= 0.3 is 0 Å². The van der Waals surface area contributed by atoms with Crippen LogP contribution in [0, 0.1) is 11.3 Å². The molecule has 0 fully saturated rings. The molecule has 0 saturated heterocycles. The number of nitrogens with one attached hydrogen (secondary N) is 2. The van der Waals surface area contributed by atoms with Gasteiger partial charge in [0.05, 0.1) is 16.3 Å². The van der Waals surface area contributed by atoms with Gasteiger partial charge in [-0.2, -0.15) is 5.26 Å². The molecule has 132 valence electrons. The third-order valence-corrected chi connectivity index (χ3v) is 5.24. The Hall–Kier alpha value is -2.07. The standard InChI is InChI=1S/C18H20ClN3O2S/c1-13(2)22-25(23,24)12-15-5-3-14(4-6-15)11-21-17-8-7-16(10-20)18(19)9-17/h3-9,13,21-22H,11-12H2,1-2H3. The van der Waals surface area contributed by atoms with Gasteiger partial charge in [0.25, 0.3) is 0 Å². The average Bonchev–Trinajstić information content (AvgIpc) is 2.52. The molecule has 0 heterocycles. The number of anilines is 1. The molecule has 0 aliphatic carbocycles. The van der Waals surface area contributed by atoms with Crippen LogP contribution in [0.15, 0.2) is 42.5 Å². The van der Waals surface area contributed by atoms with E-state index in [1.807, 2.05) is 30.3 Å². The SMILES string of the molecule is CC(C)NS(=O)(=O)Cc1ccc(CNc2ccc(C#N)c(Cl)c2)cc1. The summed E-state index contributed by atoms with van der Waals surface area (Å²) in [6.07, 6.45) is 0. The molecule has 0 amide bonds. The Morgan fingerprint density at radius 1 is 1.12 bits per heavy atom. The van der Waals surface area contributed by atoms with E-state index in [0.29, 0.717) is 17.1 Å². The lowest BCUT2D eigenvalue weighted by Crippen LogP contribution is -2.31. The van der Waals surface area contributed by atoms with Crippen molar-refractivity contribution >= 4 is 27.3 Å². The second kappa shape index (κ2) is 8.34. The van der Waals surface area contributed by atoms with Crippen LogP contribution in [0.1, 0.15) is 30.5 Å². The summed E-state index contributed by atoms with van der Waals surface area (Å²) in [4.78, 5) is 0. The number of hydrogen-bond acceptors (Lipinski definition) is 4. The first-order valence-corrected chi connectivity index (χ1v) is 9.83. The Bertz CT molecular complexity index is 872. The maximum atomic E-state index is 11.9. The molecule has 7 heteroatoms. The van der Waals surface area contributed by atoms with Crippen molar-refractivity contribution in [3.8, 4) is 6.07 Å². The highest BCUT2D eigenvalue weighted by molar-refractivity contribution is 7.88. The Labute approximate surface area is 153 Å². The zero-order valence-corrected chi connectivity index (χ0v) is 15.7. The highest BCUT2D eigenvalue weighted by atomic mass is 35.5. The summed E-state index contributed by atoms with van der Waals surface area (Å²) in [6, 6.07) is 14.5. The van der Waals surface area contributed by atoms with E-state index in [9.17, 15) is 8.42 Å². The third-order valence-electron chi connectivity index (χ3n) is 3.38. The van der Waals surface area contributed by atoms with Crippen LogP contribution in [0.4, 0.5) is 5.69 Å². The van der Waals surface area contributed by atoms with Crippen LogP contribution in [0.5, 0.6) is 0 Å². The van der Waals surface area contributed by atoms with Crippen molar-refractivity contribution in [2.45, 2.75) is 32.2 Å². The van der Waals surface area contributed by atoms with Gasteiger partial charge in [-0.05, 0) is 43.2 Å². The predicted octanol–water partition coefficient (Wildman–Crippen LogP) is 3.65. The quantitative estimate of drug-likeness (QED) is 0.771. The summed E-state index contributed by atoms with van der Waals surface area (Å²) in [5, 5.41) is 12.5. The van der Waals surface area contributed by atoms with Crippen LogP contribution in [0.3, 0.4) is 0 Å². The molecule has 2 rings (SSSR count). The smallest absolute Gasteiger partial charge is 0.216 e. The highest BCUT2D eigenvalue weighted by Gasteiger charge is 2.12. The monoisotopic (exact) mass is 377 g/mol. The first kappa shape index (κ1) is 19.3. The van der Waals surface area contributed by atoms with Crippen molar-refractivity contribution in [1.82, 2.24) is 4.72 Å². The first-order chi connectivity index (χ1) is 11.8. The Kier molecular flexibility index (Phi) is 6.43. The molecule has 0 unspecified atom stereocenters. The minimum atomic E-state index is -3.32. The van der Waals surface area contributed by atoms with Crippen molar-refractivity contribution < 1.29 is 8.42 Å². The first-order valence-electron chi connectivity index (χ1n) is 7.80. The number of nitriles is 1. The zero-order chi connectivity index (χ0) is 18.4. The molecule has 0 aliphatic rings. The van der Waals surface area contributed by atoms with Gasteiger partial charge < -0.3 is 5.32 Å². The normalized spacial score (nSPS) is 11.3. The van der Waals surface area contributed by atoms with Gasteiger partial charge in [-0.3, -0.25) is 0 Å². The number of rotatable bonds is 7. The molecule has 25 heavy (non-hydrogen) atoms. The van der Waals surface area contributed by atoms with E-state index in [0.717, 1.165) is 16.8 Å². The van der Waals surface area contributed by atoms with E-state index in [2.05, 4.69) is 10.0 Å². The summed E-state index contributed by atoms with van der Waals surface area (Å²) in [6.45, 7) is 4.16. The van der Waals surface area contributed by atoms with E-state index in [1.165, 1.54) is 0 Å². The van der Waals surface area contributed by atoms with Crippen LogP contribution >= 0.6 is 11.6 Å². The second-order valence-electron chi connectivity index (χ2n) is 6.01. The van der Waals surface area contributed by atoms with E-state index >= 15 is 0 Å². The van der Waals surface area contributed by atoms with Gasteiger partial charge in [-0.25, -0.2) is 13.1 Å². The summed E-state index contributed by atoms with van der Waals surface area (Å²) < 4.78 is 26.4. The Morgan fingerprint density at radius 3 is 2.32 bits per heavy atom. The van der Waals surface area contributed by atoms with Crippen molar-refractivity contribution in [3.05, 3.63) is 64.2 Å². The zero-order valence-electron chi connectivity index (χ0n) is 14.1. The summed E-state index contributed by atoms with van der Waals surface area (Å²) in [7, 11) is -3.32. The molecule has 0 aliphatic heterocycles. The minimum Gasteiger partial charge on any atom is -0.381 e. The number of benzene rings is 2. The molecular weight excluding hydrogens is 358 g/mol.